The minimum atomic E-state index is -1.64. The lowest BCUT2D eigenvalue weighted by molar-refractivity contribution is -0.291. The molecule has 0 amide bonds. The number of rotatable bonds is 7. The van der Waals surface area contributed by atoms with Gasteiger partial charge >= 0.3 is 5.97 Å². The molecule has 0 aromatic rings. The molecule has 0 aromatic heterocycles. The molecule has 0 bridgehead atoms. The number of esters is 1. The average Bonchev–Trinajstić information content (AvgIpc) is 2.54. The lowest BCUT2D eigenvalue weighted by Crippen LogP contribution is -2.59. The number of hydrogen-bond donors (Lipinski definition) is 5. The van der Waals surface area contributed by atoms with Crippen molar-refractivity contribution >= 4 is 5.97 Å². The van der Waals surface area contributed by atoms with Gasteiger partial charge in [0.25, 0.3) is 0 Å². The van der Waals surface area contributed by atoms with Crippen molar-refractivity contribution in [2.45, 2.75) is 63.0 Å². The second kappa shape index (κ2) is 8.70. The molecule has 1 heterocycles. The van der Waals surface area contributed by atoms with Crippen LogP contribution in [0.5, 0.6) is 0 Å². The Bertz CT molecular complexity index is 471. The van der Waals surface area contributed by atoms with Gasteiger partial charge in [-0.1, -0.05) is 12.2 Å². The first-order valence-electron chi connectivity index (χ1n) is 7.67. The number of carbonyl (C=O) groups excluding carboxylic acids is 1. The molecule has 6 atom stereocenters. The Labute approximate surface area is 140 Å². The smallest absolute Gasteiger partial charge is 0.335 e. The van der Waals surface area contributed by atoms with E-state index in [1.807, 2.05) is 0 Å². The molecule has 8 heteroatoms. The highest BCUT2D eigenvalue weighted by Crippen LogP contribution is 2.23. The van der Waals surface area contributed by atoms with Crippen LogP contribution in [0.1, 0.15) is 26.7 Å². The summed E-state index contributed by atoms with van der Waals surface area (Å²) >= 11 is 0. The van der Waals surface area contributed by atoms with Crippen molar-refractivity contribution in [1.82, 2.24) is 0 Å². The SMILES string of the molecule is C=CC(C)(O)CCC=C(C)C(=O)OC1OC(CO)C(O)C(O)C1O. The van der Waals surface area contributed by atoms with Crippen molar-refractivity contribution in [2.75, 3.05) is 6.61 Å². The number of allylic oxidation sites excluding steroid dienone is 1. The van der Waals surface area contributed by atoms with Crippen LogP contribution in [0.2, 0.25) is 0 Å². The summed E-state index contributed by atoms with van der Waals surface area (Å²) in [4.78, 5) is 12.0. The zero-order chi connectivity index (χ0) is 18.5. The molecule has 0 aromatic carbocycles. The van der Waals surface area contributed by atoms with E-state index in [1.165, 1.54) is 13.0 Å². The summed E-state index contributed by atoms with van der Waals surface area (Å²) < 4.78 is 10.1. The van der Waals surface area contributed by atoms with Gasteiger partial charge in [-0.25, -0.2) is 4.79 Å². The predicted molar refractivity (Wildman–Crippen MR) is 83.7 cm³/mol. The molecule has 6 unspecified atom stereocenters. The largest absolute Gasteiger partial charge is 0.429 e. The molecule has 5 N–H and O–H groups in total. The van der Waals surface area contributed by atoms with E-state index in [0.717, 1.165) is 0 Å². The summed E-state index contributed by atoms with van der Waals surface area (Å²) in [5, 5.41) is 48.0. The van der Waals surface area contributed by atoms with Gasteiger partial charge in [0.2, 0.25) is 6.29 Å². The molecule has 0 spiro atoms. The summed E-state index contributed by atoms with van der Waals surface area (Å²) in [6.45, 7) is 5.99. The molecule has 138 valence electrons. The number of aliphatic hydroxyl groups is 5. The number of ether oxygens (including phenoxy) is 2. The Balaban J connectivity index is 2.63. The number of carbonyl (C=O) groups is 1. The molecule has 1 aliphatic heterocycles. The van der Waals surface area contributed by atoms with Crippen LogP contribution >= 0.6 is 0 Å². The van der Waals surface area contributed by atoms with E-state index in [0.29, 0.717) is 12.8 Å². The topological polar surface area (TPSA) is 137 Å². The van der Waals surface area contributed by atoms with Crippen molar-refractivity contribution in [3.8, 4) is 0 Å². The van der Waals surface area contributed by atoms with Crippen molar-refractivity contribution in [3.63, 3.8) is 0 Å². The van der Waals surface area contributed by atoms with Gasteiger partial charge in [0, 0.05) is 5.57 Å². The third-order valence-electron chi connectivity index (χ3n) is 3.93. The Hall–Kier alpha value is -1.29. The van der Waals surface area contributed by atoms with Crippen LogP contribution in [-0.2, 0) is 14.3 Å². The monoisotopic (exact) mass is 346 g/mol. The summed E-state index contributed by atoms with van der Waals surface area (Å²) in [5.74, 6) is -0.780. The minimum Gasteiger partial charge on any atom is -0.429 e. The normalized spacial score (nSPS) is 33.6. The van der Waals surface area contributed by atoms with E-state index in [4.69, 9.17) is 14.6 Å². The molecule has 0 radical (unpaired) electrons. The highest BCUT2D eigenvalue weighted by atomic mass is 16.7. The maximum atomic E-state index is 12.0. The van der Waals surface area contributed by atoms with Crippen LogP contribution in [0.4, 0.5) is 0 Å². The van der Waals surface area contributed by atoms with Crippen molar-refractivity contribution < 1.29 is 39.8 Å². The van der Waals surface area contributed by atoms with Gasteiger partial charge in [-0.05, 0) is 26.7 Å². The zero-order valence-corrected chi connectivity index (χ0v) is 13.8. The molecular weight excluding hydrogens is 320 g/mol. The van der Waals surface area contributed by atoms with Gasteiger partial charge in [-0.2, -0.15) is 0 Å². The molecule has 0 aliphatic carbocycles. The average molecular weight is 346 g/mol. The Morgan fingerprint density at radius 3 is 2.46 bits per heavy atom. The molecule has 1 saturated heterocycles. The summed E-state index contributed by atoms with van der Waals surface area (Å²) in [6, 6.07) is 0. The van der Waals surface area contributed by atoms with Crippen LogP contribution in [-0.4, -0.2) is 74.4 Å². The van der Waals surface area contributed by atoms with Gasteiger partial charge in [0.1, 0.15) is 24.4 Å². The van der Waals surface area contributed by atoms with Gasteiger partial charge < -0.3 is 35.0 Å². The predicted octanol–water partition coefficient (Wildman–Crippen LogP) is -1.01. The van der Waals surface area contributed by atoms with Gasteiger partial charge in [-0.3, -0.25) is 0 Å². The highest BCUT2D eigenvalue weighted by molar-refractivity contribution is 5.87. The van der Waals surface area contributed by atoms with Crippen LogP contribution in [0.15, 0.2) is 24.3 Å². The maximum Gasteiger partial charge on any atom is 0.335 e. The fourth-order valence-corrected chi connectivity index (χ4v) is 2.13. The minimum absolute atomic E-state index is 0.229. The fourth-order valence-electron chi connectivity index (χ4n) is 2.13. The van der Waals surface area contributed by atoms with Crippen molar-refractivity contribution in [3.05, 3.63) is 24.3 Å². The molecule has 1 rings (SSSR count). The third kappa shape index (κ3) is 5.37. The standard InChI is InChI=1S/C16H26O8/c1-4-16(3,22)7-5-6-9(2)14(21)24-15-13(20)12(19)11(18)10(8-17)23-15/h4,6,10-13,15,17-20,22H,1,5,7-8H2,2-3H3. The lowest BCUT2D eigenvalue weighted by atomic mass is 9.99. The van der Waals surface area contributed by atoms with Crippen LogP contribution < -0.4 is 0 Å². The molecular formula is C16H26O8. The third-order valence-corrected chi connectivity index (χ3v) is 3.93. The van der Waals surface area contributed by atoms with E-state index >= 15 is 0 Å². The van der Waals surface area contributed by atoms with E-state index in [2.05, 4.69) is 6.58 Å². The van der Waals surface area contributed by atoms with Crippen LogP contribution in [0.25, 0.3) is 0 Å². The maximum absolute atomic E-state index is 12.0. The summed E-state index contributed by atoms with van der Waals surface area (Å²) in [6.07, 6.45) is -3.69. The van der Waals surface area contributed by atoms with Gasteiger partial charge in [0.15, 0.2) is 0 Å². The second-order valence-electron chi connectivity index (χ2n) is 6.09. The summed E-state index contributed by atoms with van der Waals surface area (Å²) in [5.41, 5.74) is -0.815. The van der Waals surface area contributed by atoms with Gasteiger partial charge in [-0.15, -0.1) is 6.58 Å². The van der Waals surface area contributed by atoms with Crippen molar-refractivity contribution in [2.24, 2.45) is 0 Å². The quantitative estimate of drug-likeness (QED) is 0.225. The van der Waals surface area contributed by atoms with Crippen molar-refractivity contribution in [1.29, 1.82) is 0 Å². The number of aliphatic hydroxyl groups excluding tert-OH is 4. The van der Waals surface area contributed by atoms with Crippen LogP contribution in [0.3, 0.4) is 0 Å². The van der Waals surface area contributed by atoms with E-state index in [1.54, 1.807) is 13.0 Å². The summed E-state index contributed by atoms with van der Waals surface area (Å²) in [7, 11) is 0. The number of hydrogen-bond acceptors (Lipinski definition) is 8. The Kier molecular flexibility index (Phi) is 7.53. The second-order valence-corrected chi connectivity index (χ2v) is 6.09. The Morgan fingerprint density at radius 2 is 1.92 bits per heavy atom. The lowest BCUT2D eigenvalue weighted by Gasteiger charge is -2.39. The molecule has 1 aliphatic rings. The molecule has 8 nitrogen and oxygen atoms in total. The first-order chi connectivity index (χ1) is 11.1. The molecule has 1 fully saturated rings. The Morgan fingerprint density at radius 1 is 1.29 bits per heavy atom. The van der Waals surface area contributed by atoms with E-state index in [9.17, 15) is 25.2 Å². The highest BCUT2D eigenvalue weighted by Gasteiger charge is 2.45. The van der Waals surface area contributed by atoms with E-state index < -0.39 is 48.9 Å². The first-order valence-corrected chi connectivity index (χ1v) is 7.67. The van der Waals surface area contributed by atoms with E-state index in [-0.39, 0.29) is 5.57 Å². The van der Waals surface area contributed by atoms with Gasteiger partial charge in [0.05, 0.1) is 12.2 Å². The first kappa shape index (κ1) is 20.8. The molecule has 24 heavy (non-hydrogen) atoms. The molecule has 0 saturated carbocycles. The van der Waals surface area contributed by atoms with Crippen LogP contribution in [0, 0.1) is 0 Å². The zero-order valence-electron chi connectivity index (χ0n) is 13.8. The fraction of sp³-hybridized carbons (Fsp3) is 0.688.